The molecule has 7 heteroatoms. The average molecular weight is 264 g/mol. The topological polar surface area (TPSA) is 20.7 Å². The summed E-state index contributed by atoms with van der Waals surface area (Å²) in [5.41, 5.74) is 0.485. The maximum absolute atomic E-state index is 13.3. The van der Waals surface area contributed by atoms with Crippen LogP contribution in [0.2, 0.25) is 0 Å². The van der Waals surface area contributed by atoms with E-state index in [2.05, 4.69) is 4.98 Å². The number of aryl methyl sites for hydroxylation is 1. The molecule has 0 unspecified atom stereocenters. The van der Waals surface area contributed by atoms with Gasteiger partial charge in [-0.15, -0.1) is 0 Å². The van der Waals surface area contributed by atoms with Crippen LogP contribution >= 0.6 is 12.2 Å². The minimum Gasteiger partial charge on any atom is -0.328 e. The Hall–Kier alpha value is -1.37. The van der Waals surface area contributed by atoms with Crippen LogP contribution in [0.25, 0.3) is 11.0 Å². The maximum Gasteiger partial charge on any atom is 0.390 e. The van der Waals surface area contributed by atoms with Crippen molar-refractivity contribution in [2.45, 2.75) is 19.1 Å². The van der Waals surface area contributed by atoms with E-state index in [1.807, 2.05) is 0 Å². The smallest absolute Gasteiger partial charge is 0.328 e. The molecule has 0 spiro atoms. The quantitative estimate of drug-likeness (QED) is 0.646. The predicted octanol–water partition coefficient (Wildman–Crippen LogP) is 3.79. The van der Waals surface area contributed by atoms with Crippen LogP contribution in [0.5, 0.6) is 0 Å². The zero-order valence-corrected chi connectivity index (χ0v) is 9.33. The second-order valence-electron chi connectivity index (χ2n) is 3.58. The molecule has 0 saturated carbocycles. The van der Waals surface area contributed by atoms with E-state index in [1.54, 1.807) is 0 Å². The Bertz CT molecular complexity index is 596. The van der Waals surface area contributed by atoms with Crippen molar-refractivity contribution in [2.24, 2.45) is 0 Å². The van der Waals surface area contributed by atoms with Crippen LogP contribution in [-0.4, -0.2) is 15.7 Å². The van der Waals surface area contributed by atoms with E-state index in [1.165, 1.54) is 22.8 Å². The van der Waals surface area contributed by atoms with Crippen LogP contribution in [0.3, 0.4) is 0 Å². The molecule has 1 N–H and O–H groups in total. The SMILES string of the molecule is Fc1cccc2c1[nH]c(=S)n2CCC(F)(F)F. The van der Waals surface area contributed by atoms with Gasteiger partial charge in [-0.25, -0.2) is 4.39 Å². The molecule has 0 atom stereocenters. The molecule has 0 amide bonds. The van der Waals surface area contributed by atoms with Crippen molar-refractivity contribution in [3.05, 3.63) is 28.8 Å². The number of alkyl halides is 3. The van der Waals surface area contributed by atoms with E-state index in [9.17, 15) is 17.6 Å². The van der Waals surface area contributed by atoms with E-state index in [0.717, 1.165) is 0 Å². The minimum absolute atomic E-state index is 0.0920. The van der Waals surface area contributed by atoms with Crippen molar-refractivity contribution < 1.29 is 17.6 Å². The van der Waals surface area contributed by atoms with E-state index < -0.39 is 18.4 Å². The van der Waals surface area contributed by atoms with Crippen molar-refractivity contribution in [3.8, 4) is 0 Å². The summed E-state index contributed by atoms with van der Waals surface area (Å²) in [6.07, 6.45) is -5.25. The van der Waals surface area contributed by atoms with Crippen LogP contribution in [-0.2, 0) is 6.54 Å². The first-order chi connectivity index (χ1) is 7.88. The number of hydrogen-bond donors (Lipinski definition) is 1. The minimum atomic E-state index is -4.26. The van der Waals surface area contributed by atoms with Gasteiger partial charge in [0.1, 0.15) is 11.3 Å². The van der Waals surface area contributed by atoms with E-state index in [4.69, 9.17) is 12.2 Å². The standard InChI is InChI=1S/C10H8F4N2S/c11-6-2-1-3-7-8(6)15-9(17)16(7)5-4-10(12,13)14/h1-3H,4-5H2,(H,15,17). The van der Waals surface area contributed by atoms with Gasteiger partial charge in [-0.05, 0) is 24.4 Å². The van der Waals surface area contributed by atoms with Crippen molar-refractivity contribution in [1.29, 1.82) is 0 Å². The monoisotopic (exact) mass is 264 g/mol. The summed E-state index contributed by atoms with van der Waals surface area (Å²) in [6.45, 7) is -0.314. The van der Waals surface area contributed by atoms with Crippen LogP contribution in [0.15, 0.2) is 18.2 Å². The molecule has 0 aliphatic rings. The number of halogens is 4. The number of para-hydroxylation sites is 1. The number of fused-ring (bicyclic) bond motifs is 1. The Morgan fingerprint density at radius 3 is 2.65 bits per heavy atom. The first-order valence-electron chi connectivity index (χ1n) is 4.82. The largest absolute Gasteiger partial charge is 0.390 e. The molecule has 17 heavy (non-hydrogen) atoms. The van der Waals surface area contributed by atoms with Crippen molar-refractivity contribution in [3.63, 3.8) is 0 Å². The highest BCUT2D eigenvalue weighted by molar-refractivity contribution is 7.71. The zero-order valence-electron chi connectivity index (χ0n) is 8.51. The van der Waals surface area contributed by atoms with Gasteiger partial charge in [0.2, 0.25) is 0 Å². The molecule has 2 rings (SSSR count). The van der Waals surface area contributed by atoms with Gasteiger partial charge < -0.3 is 9.55 Å². The first-order valence-corrected chi connectivity index (χ1v) is 5.23. The molecule has 92 valence electrons. The molecular formula is C10H8F4N2S. The van der Waals surface area contributed by atoms with Gasteiger partial charge >= 0.3 is 6.18 Å². The highest BCUT2D eigenvalue weighted by Crippen LogP contribution is 2.23. The Balaban J connectivity index is 2.44. The summed E-state index contributed by atoms with van der Waals surface area (Å²) in [6, 6.07) is 4.19. The Morgan fingerprint density at radius 2 is 2.00 bits per heavy atom. The van der Waals surface area contributed by atoms with Gasteiger partial charge in [-0.3, -0.25) is 0 Å². The molecule has 1 heterocycles. The first kappa shape index (κ1) is 12.1. The molecule has 0 bridgehead atoms. The van der Waals surface area contributed by atoms with Crippen LogP contribution in [0.4, 0.5) is 17.6 Å². The Labute approximate surface area is 98.9 Å². The fourth-order valence-corrected chi connectivity index (χ4v) is 1.90. The van der Waals surface area contributed by atoms with Gasteiger partial charge in [-0.2, -0.15) is 13.2 Å². The summed E-state index contributed by atoms with van der Waals surface area (Å²) in [4.78, 5) is 2.57. The molecular weight excluding hydrogens is 256 g/mol. The summed E-state index contributed by atoms with van der Waals surface area (Å²) >= 11 is 4.87. The molecule has 1 aromatic heterocycles. The molecule has 2 aromatic rings. The third kappa shape index (κ3) is 2.49. The average Bonchev–Trinajstić information content (AvgIpc) is 2.52. The highest BCUT2D eigenvalue weighted by Gasteiger charge is 2.27. The van der Waals surface area contributed by atoms with Gasteiger partial charge in [0.05, 0.1) is 11.9 Å². The number of nitrogens with one attached hydrogen (secondary N) is 1. The summed E-state index contributed by atoms with van der Waals surface area (Å²) in [5, 5.41) is 0. The molecule has 0 aliphatic heterocycles. The van der Waals surface area contributed by atoms with E-state index in [-0.39, 0.29) is 16.8 Å². The number of aromatic amines is 1. The molecule has 0 fully saturated rings. The normalized spacial score (nSPS) is 12.2. The molecule has 2 nitrogen and oxygen atoms in total. The van der Waals surface area contributed by atoms with Crippen molar-refractivity contribution >= 4 is 23.3 Å². The number of H-pyrrole nitrogens is 1. The molecule has 0 aliphatic carbocycles. The van der Waals surface area contributed by atoms with Crippen molar-refractivity contribution in [2.75, 3.05) is 0 Å². The predicted molar refractivity (Wildman–Crippen MR) is 57.8 cm³/mol. The number of hydrogen-bond acceptors (Lipinski definition) is 1. The van der Waals surface area contributed by atoms with Crippen LogP contribution < -0.4 is 0 Å². The Kier molecular flexibility index (Phi) is 2.94. The van der Waals surface area contributed by atoms with Gasteiger partial charge in [-0.1, -0.05) is 6.07 Å². The fourth-order valence-electron chi connectivity index (χ4n) is 1.61. The maximum atomic E-state index is 13.3. The fraction of sp³-hybridized carbons (Fsp3) is 0.300. The second-order valence-corrected chi connectivity index (χ2v) is 3.97. The zero-order chi connectivity index (χ0) is 12.6. The van der Waals surface area contributed by atoms with E-state index in [0.29, 0.717) is 5.52 Å². The third-order valence-corrected chi connectivity index (χ3v) is 2.70. The molecule has 0 radical (unpaired) electrons. The highest BCUT2D eigenvalue weighted by atomic mass is 32.1. The number of benzene rings is 1. The van der Waals surface area contributed by atoms with Crippen LogP contribution in [0, 0.1) is 10.6 Å². The van der Waals surface area contributed by atoms with Gasteiger partial charge in [0, 0.05) is 6.54 Å². The number of nitrogens with zero attached hydrogens (tertiary/aromatic N) is 1. The summed E-state index contributed by atoms with van der Waals surface area (Å²) < 4.78 is 51.1. The lowest BCUT2D eigenvalue weighted by atomic mass is 10.3. The number of aromatic nitrogens is 2. The number of imidazole rings is 1. The lowest BCUT2D eigenvalue weighted by molar-refractivity contribution is -0.136. The Morgan fingerprint density at radius 1 is 1.29 bits per heavy atom. The summed E-state index contributed by atoms with van der Waals surface area (Å²) in [5.74, 6) is -0.528. The van der Waals surface area contributed by atoms with Gasteiger partial charge in [0.15, 0.2) is 4.77 Å². The lowest BCUT2D eigenvalue weighted by Crippen LogP contribution is -2.12. The third-order valence-electron chi connectivity index (χ3n) is 2.38. The van der Waals surface area contributed by atoms with Crippen molar-refractivity contribution in [1.82, 2.24) is 9.55 Å². The molecule has 0 saturated heterocycles. The molecule has 1 aromatic carbocycles. The summed E-state index contributed by atoms with van der Waals surface area (Å²) in [7, 11) is 0. The van der Waals surface area contributed by atoms with Gasteiger partial charge in [0.25, 0.3) is 0 Å². The second kappa shape index (κ2) is 4.14. The van der Waals surface area contributed by atoms with Crippen LogP contribution in [0.1, 0.15) is 6.42 Å². The van der Waals surface area contributed by atoms with E-state index >= 15 is 0 Å². The lowest BCUT2D eigenvalue weighted by Gasteiger charge is -2.07. The number of rotatable bonds is 2.